The number of amides is 1. The van der Waals surface area contributed by atoms with E-state index >= 15 is 0 Å². The summed E-state index contributed by atoms with van der Waals surface area (Å²) in [5, 5.41) is 1.25. The number of fused-ring (bicyclic) bond motifs is 1. The second kappa shape index (κ2) is 7.67. The molecule has 0 unspecified atom stereocenters. The van der Waals surface area contributed by atoms with Gasteiger partial charge in [-0.2, -0.15) is 0 Å². The van der Waals surface area contributed by atoms with Crippen LogP contribution in [0.1, 0.15) is 20.3 Å². The highest BCUT2D eigenvalue weighted by Crippen LogP contribution is 2.38. The molecule has 8 nitrogen and oxygen atoms in total. The summed E-state index contributed by atoms with van der Waals surface area (Å²) in [5.41, 5.74) is 7.46. The van der Waals surface area contributed by atoms with E-state index in [2.05, 4.69) is 9.97 Å². The summed E-state index contributed by atoms with van der Waals surface area (Å²) >= 11 is 6.53. The monoisotopic (exact) mass is 460 g/mol. The van der Waals surface area contributed by atoms with Gasteiger partial charge in [-0.15, -0.1) is 0 Å². The average molecular weight is 461 g/mol. The third-order valence-corrected chi connectivity index (χ3v) is 5.93. The maximum atomic E-state index is 12.7. The fraction of sp³-hybridized carbons (Fsp3) is 0.208. The Morgan fingerprint density at radius 2 is 1.88 bits per heavy atom. The number of benzene rings is 1. The van der Waals surface area contributed by atoms with Gasteiger partial charge in [-0.1, -0.05) is 37.6 Å². The van der Waals surface area contributed by atoms with E-state index in [4.69, 9.17) is 22.3 Å². The van der Waals surface area contributed by atoms with E-state index in [1.54, 1.807) is 35.5 Å². The van der Waals surface area contributed by atoms with Gasteiger partial charge in [-0.05, 0) is 29.7 Å². The lowest BCUT2D eigenvalue weighted by Gasteiger charge is -2.22. The van der Waals surface area contributed by atoms with Gasteiger partial charge in [0, 0.05) is 42.4 Å². The van der Waals surface area contributed by atoms with Crippen molar-refractivity contribution in [2.24, 2.45) is 5.41 Å². The van der Waals surface area contributed by atoms with Gasteiger partial charge in [0.1, 0.15) is 5.69 Å². The molecule has 1 aliphatic heterocycles. The lowest BCUT2D eigenvalue weighted by Crippen LogP contribution is -2.29. The highest BCUT2D eigenvalue weighted by Gasteiger charge is 2.38. The van der Waals surface area contributed by atoms with Crippen molar-refractivity contribution in [1.29, 1.82) is 0 Å². The Morgan fingerprint density at radius 1 is 1.06 bits per heavy atom. The Bertz CT molecular complexity index is 1480. The van der Waals surface area contributed by atoms with Crippen LogP contribution in [0.15, 0.2) is 59.7 Å². The van der Waals surface area contributed by atoms with E-state index in [1.165, 1.54) is 10.6 Å². The molecule has 2 N–H and O–H groups in total. The van der Waals surface area contributed by atoms with Gasteiger partial charge in [-0.25, -0.2) is 9.97 Å². The third kappa shape index (κ3) is 3.72. The first-order valence-corrected chi connectivity index (χ1v) is 10.8. The number of anilines is 2. The van der Waals surface area contributed by atoms with E-state index in [-0.39, 0.29) is 34.3 Å². The molecule has 0 saturated carbocycles. The maximum Gasteiger partial charge on any atom is 0.256 e. The molecule has 166 valence electrons. The molecule has 5 rings (SSSR count). The number of carbonyl (C=O) groups excluding carboxylic acids is 1. The van der Waals surface area contributed by atoms with Gasteiger partial charge in [0.05, 0.1) is 10.5 Å². The van der Waals surface area contributed by atoms with Crippen LogP contribution in [0.2, 0.25) is 5.02 Å². The molecule has 4 aromatic rings. The molecule has 0 radical (unpaired) electrons. The van der Waals surface area contributed by atoms with Crippen molar-refractivity contribution in [3.8, 4) is 17.1 Å². The van der Waals surface area contributed by atoms with Crippen molar-refractivity contribution in [2.45, 2.75) is 20.3 Å². The summed E-state index contributed by atoms with van der Waals surface area (Å²) in [6.07, 6.45) is 3.66. The largest absolute Gasteiger partial charge is 0.381 e. The zero-order chi connectivity index (χ0) is 23.3. The minimum Gasteiger partial charge on any atom is -0.381 e. The van der Waals surface area contributed by atoms with Gasteiger partial charge >= 0.3 is 0 Å². The maximum absolute atomic E-state index is 12.7. The summed E-state index contributed by atoms with van der Waals surface area (Å²) < 4.78 is 1.37. The molecule has 1 fully saturated rings. The van der Waals surface area contributed by atoms with Gasteiger partial charge in [0.15, 0.2) is 17.5 Å². The zero-order valence-corrected chi connectivity index (χ0v) is 18.9. The summed E-state index contributed by atoms with van der Waals surface area (Å²) in [6, 6.07) is 12.1. The Labute approximate surface area is 194 Å². The first kappa shape index (κ1) is 21.1. The molecular formula is C24H21ClN6O2. The minimum atomic E-state index is -0.285. The molecule has 1 saturated heterocycles. The Hall–Kier alpha value is -3.78. The number of hydrogen-bond acceptors (Lipinski definition) is 6. The number of nitrogens with zero attached hydrogens (tertiary/aromatic N) is 5. The van der Waals surface area contributed by atoms with Gasteiger partial charge < -0.3 is 5.73 Å². The molecule has 0 atom stereocenters. The molecular weight excluding hydrogens is 440 g/mol. The Kier molecular flexibility index (Phi) is 4.90. The number of pyridine rings is 2. The van der Waals surface area contributed by atoms with Crippen LogP contribution in [0, 0.1) is 5.41 Å². The lowest BCUT2D eigenvalue weighted by atomic mass is 9.93. The van der Waals surface area contributed by atoms with Crippen molar-refractivity contribution >= 4 is 40.0 Å². The first-order valence-electron chi connectivity index (χ1n) is 10.4. The van der Waals surface area contributed by atoms with Crippen LogP contribution >= 0.6 is 11.6 Å². The second-order valence-electron chi connectivity index (χ2n) is 8.87. The summed E-state index contributed by atoms with van der Waals surface area (Å²) in [4.78, 5) is 40.6. The molecule has 1 aromatic carbocycles. The van der Waals surface area contributed by atoms with E-state index in [0.29, 0.717) is 34.8 Å². The van der Waals surface area contributed by atoms with Crippen LogP contribution in [0.4, 0.5) is 11.6 Å². The van der Waals surface area contributed by atoms with Crippen LogP contribution in [0.25, 0.3) is 28.0 Å². The smallest absolute Gasteiger partial charge is 0.256 e. The van der Waals surface area contributed by atoms with E-state index < -0.39 is 0 Å². The SMILES string of the molecule is CC1(C)CC(=O)N(c2nc(-c3cc(Cl)c4ncccc4c3)c(-n3ccccc3=O)nc2N)C1. The standard InChI is InChI=1S/C24H21ClN6O2/c1-24(2)12-18(33)31(13-24)23-21(26)29-22(30-9-4-3-7-17(30)32)20(28-23)15-10-14-6-5-8-27-19(14)16(25)11-15/h3-11H,12-13H2,1-2H3,(H2,26,29). The minimum absolute atomic E-state index is 0.0719. The molecule has 0 aliphatic carbocycles. The predicted molar refractivity (Wildman–Crippen MR) is 129 cm³/mol. The van der Waals surface area contributed by atoms with Crippen LogP contribution in [-0.4, -0.2) is 32.0 Å². The molecule has 0 spiro atoms. The highest BCUT2D eigenvalue weighted by molar-refractivity contribution is 6.35. The number of hydrogen-bond donors (Lipinski definition) is 1. The average Bonchev–Trinajstić information content (AvgIpc) is 3.05. The molecule has 33 heavy (non-hydrogen) atoms. The summed E-state index contributed by atoms with van der Waals surface area (Å²) in [6.45, 7) is 4.50. The predicted octanol–water partition coefficient (Wildman–Crippen LogP) is 3.84. The van der Waals surface area contributed by atoms with E-state index in [9.17, 15) is 9.59 Å². The van der Waals surface area contributed by atoms with Gasteiger partial charge in [0.2, 0.25) is 5.91 Å². The normalized spacial score (nSPS) is 15.4. The first-order chi connectivity index (χ1) is 15.7. The zero-order valence-electron chi connectivity index (χ0n) is 18.1. The Balaban J connectivity index is 1.79. The number of nitrogen functional groups attached to an aromatic ring is 1. The summed E-state index contributed by atoms with van der Waals surface area (Å²) in [7, 11) is 0. The van der Waals surface area contributed by atoms with Gasteiger partial charge in [0.25, 0.3) is 5.56 Å². The lowest BCUT2D eigenvalue weighted by molar-refractivity contribution is -0.117. The third-order valence-electron chi connectivity index (χ3n) is 5.64. The number of rotatable bonds is 3. The molecule has 3 aromatic heterocycles. The topological polar surface area (TPSA) is 107 Å². The van der Waals surface area contributed by atoms with Crippen LogP contribution in [0.5, 0.6) is 0 Å². The van der Waals surface area contributed by atoms with Crippen LogP contribution < -0.4 is 16.2 Å². The van der Waals surface area contributed by atoms with Crippen molar-refractivity contribution in [1.82, 2.24) is 19.5 Å². The quantitative estimate of drug-likeness (QED) is 0.497. The fourth-order valence-electron chi connectivity index (χ4n) is 4.15. The summed E-state index contributed by atoms with van der Waals surface area (Å²) in [5.74, 6) is 0.532. The van der Waals surface area contributed by atoms with Gasteiger partial charge in [-0.3, -0.25) is 24.0 Å². The van der Waals surface area contributed by atoms with Crippen LogP contribution in [-0.2, 0) is 4.79 Å². The molecule has 9 heteroatoms. The molecule has 4 heterocycles. The number of carbonyl (C=O) groups is 1. The Morgan fingerprint density at radius 3 is 2.61 bits per heavy atom. The molecule has 1 aliphatic rings. The molecule has 0 bridgehead atoms. The fourth-order valence-corrected chi connectivity index (χ4v) is 4.42. The van der Waals surface area contributed by atoms with Crippen molar-refractivity contribution in [3.05, 3.63) is 70.2 Å². The van der Waals surface area contributed by atoms with Crippen molar-refractivity contribution in [2.75, 3.05) is 17.2 Å². The van der Waals surface area contributed by atoms with E-state index in [1.807, 2.05) is 32.0 Å². The number of halogens is 1. The second-order valence-corrected chi connectivity index (χ2v) is 9.27. The van der Waals surface area contributed by atoms with Crippen molar-refractivity contribution < 1.29 is 4.79 Å². The molecule has 1 amide bonds. The number of nitrogens with two attached hydrogens (primary N) is 1. The number of aromatic nitrogens is 4. The van der Waals surface area contributed by atoms with Crippen LogP contribution in [0.3, 0.4) is 0 Å². The van der Waals surface area contributed by atoms with E-state index in [0.717, 1.165) is 5.39 Å². The van der Waals surface area contributed by atoms with Crippen molar-refractivity contribution in [3.63, 3.8) is 0 Å². The highest BCUT2D eigenvalue weighted by atomic mass is 35.5.